The van der Waals surface area contributed by atoms with Crippen LogP contribution in [0.5, 0.6) is 0 Å². The number of piperidine rings is 2. The van der Waals surface area contributed by atoms with Gasteiger partial charge in [-0.15, -0.1) is 0 Å². The number of alkyl halides is 3. The van der Waals surface area contributed by atoms with Crippen LogP contribution in [0.3, 0.4) is 0 Å². The van der Waals surface area contributed by atoms with E-state index in [2.05, 4.69) is 18.4 Å². The number of aliphatic hydroxyl groups excluding tert-OH is 1. The Balaban J connectivity index is 1.25. The molecule has 0 amide bonds. The fraction of sp³-hybridized carbons (Fsp3) is 0.679. The number of carbonyl (C=O) groups is 1. The predicted molar refractivity (Wildman–Crippen MR) is 121 cm³/mol. The summed E-state index contributed by atoms with van der Waals surface area (Å²) in [6.07, 6.45) is -1.71. The number of hydrogen-bond donors (Lipinski definition) is 2. The number of carbonyl (C=O) groups excluding carboxylic acids is 1. The van der Waals surface area contributed by atoms with E-state index in [1.807, 2.05) is 0 Å². The molecule has 0 aromatic heterocycles. The van der Waals surface area contributed by atoms with E-state index in [0.717, 1.165) is 44.4 Å². The van der Waals surface area contributed by atoms with Crippen LogP contribution in [0, 0.1) is 39.9 Å². The van der Waals surface area contributed by atoms with E-state index in [0.29, 0.717) is 12.0 Å². The van der Waals surface area contributed by atoms with Gasteiger partial charge in [-0.05, 0) is 60.8 Å². The fourth-order valence-electron chi connectivity index (χ4n) is 11.7. The molecule has 10 rings (SSSR count). The molecular formula is C28H30F3NO4. The smallest absolute Gasteiger partial charge is 0.416 e. The average molecular weight is 502 g/mol. The summed E-state index contributed by atoms with van der Waals surface area (Å²) in [6, 6.07) is 4.54. The lowest BCUT2D eigenvalue weighted by Crippen LogP contribution is -2.72. The van der Waals surface area contributed by atoms with E-state index in [9.17, 15) is 28.2 Å². The number of hydrogen-bond acceptors (Lipinski definition) is 5. The molecule has 6 aliphatic carbocycles. The first-order valence-corrected chi connectivity index (χ1v) is 13.1. The summed E-state index contributed by atoms with van der Waals surface area (Å²) in [4.78, 5) is 15.7. The van der Waals surface area contributed by atoms with Gasteiger partial charge < -0.3 is 14.9 Å². The maximum Gasteiger partial charge on any atom is 0.416 e. The minimum Gasteiger partial charge on any atom is -0.458 e. The molecule has 2 spiro atoms. The van der Waals surface area contributed by atoms with Gasteiger partial charge in [0.1, 0.15) is 11.8 Å². The van der Waals surface area contributed by atoms with Crippen molar-refractivity contribution in [3.8, 4) is 0 Å². The van der Waals surface area contributed by atoms with E-state index in [4.69, 9.17) is 4.74 Å². The first-order chi connectivity index (χ1) is 16.9. The van der Waals surface area contributed by atoms with Crippen LogP contribution < -0.4 is 0 Å². The summed E-state index contributed by atoms with van der Waals surface area (Å²) in [6.45, 7) is 7.35. The van der Waals surface area contributed by atoms with Crippen LogP contribution >= 0.6 is 0 Å². The molecule has 192 valence electrons. The number of benzene rings is 1. The van der Waals surface area contributed by atoms with Gasteiger partial charge in [0, 0.05) is 41.2 Å². The Labute approximate surface area is 207 Å². The van der Waals surface area contributed by atoms with Crippen LogP contribution in [0.2, 0.25) is 0 Å². The zero-order valence-corrected chi connectivity index (χ0v) is 20.1. The normalized spacial score (nSPS) is 54.9. The van der Waals surface area contributed by atoms with Crippen LogP contribution in [-0.2, 0) is 10.9 Å². The maximum absolute atomic E-state index is 13.4. The number of nitrogens with zero attached hydrogens (tertiary/aromatic N) is 1. The zero-order chi connectivity index (χ0) is 25.2. The molecule has 3 aliphatic heterocycles. The van der Waals surface area contributed by atoms with Gasteiger partial charge in [-0.2, -0.15) is 13.2 Å². The monoisotopic (exact) mass is 501 g/mol. The van der Waals surface area contributed by atoms with Crippen molar-refractivity contribution in [1.29, 1.82) is 0 Å². The molecular weight excluding hydrogens is 471 g/mol. The van der Waals surface area contributed by atoms with Crippen molar-refractivity contribution in [1.82, 2.24) is 4.90 Å². The van der Waals surface area contributed by atoms with Gasteiger partial charge in [-0.1, -0.05) is 26.0 Å². The number of esters is 1. The van der Waals surface area contributed by atoms with Gasteiger partial charge in [0.25, 0.3) is 0 Å². The molecule has 5 nitrogen and oxygen atoms in total. The number of fused-ring (bicyclic) bond motifs is 1. The summed E-state index contributed by atoms with van der Waals surface area (Å²) >= 11 is 0. The van der Waals surface area contributed by atoms with Crippen molar-refractivity contribution in [2.45, 2.75) is 69.2 Å². The zero-order valence-electron chi connectivity index (χ0n) is 20.1. The molecule has 1 unspecified atom stereocenters. The highest BCUT2D eigenvalue weighted by Crippen LogP contribution is 2.89. The number of aliphatic hydroxyl groups is 2. The number of ether oxygens (including phenoxy) is 1. The Hall–Kier alpha value is -1.90. The molecule has 1 aromatic carbocycles. The van der Waals surface area contributed by atoms with Crippen LogP contribution in [0.25, 0.3) is 0 Å². The Bertz CT molecular complexity index is 1250. The Kier molecular flexibility index (Phi) is 3.72. The quantitative estimate of drug-likeness (QED) is 0.474. The highest BCUT2D eigenvalue weighted by molar-refractivity contribution is 5.89. The summed E-state index contributed by atoms with van der Waals surface area (Å²) in [5.74, 6) is -0.878. The lowest BCUT2D eigenvalue weighted by atomic mass is 9.39. The molecule has 6 saturated carbocycles. The van der Waals surface area contributed by atoms with Gasteiger partial charge in [-0.25, -0.2) is 4.79 Å². The Morgan fingerprint density at radius 2 is 2.03 bits per heavy atom. The highest BCUT2D eigenvalue weighted by Gasteiger charge is 2.93. The third kappa shape index (κ3) is 2.05. The minimum atomic E-state index is -4.55. The van der Waals surface area contributed by atoms with Crippen molar-refractivity contribution in [3.63, 3.8) is 0 Å². The van der Waals surface area contributed by atoms with E-state index in [-0.39, 0.29) is 46.1 Å². The van der Waals surface area contributed by atoms with Crippen LogP contribution in [0.1, 0.15) is 54.9 Å². The molecule has 8 heteroatoms. The van der Waals surface area contributed by atoms with Crippen molar-refractivity contribution in [3.05, 3.63) is 47.5 Å². The molecule has 9 aliphatic rings. The number of halogens is 3. The van der Waals surface area contributed by atoms with Crippen LogP contribution in [0.4, 0.5) is 13.2 Å². The lowest BCUT2D eigenvalue weighted by molar-refractivity contribution is -0.271. The molecule has 3 saturated heterocycles. The second-order valence-corrected chi connectivity index (χ2v) is 13.1. The van der Waals surface area contributed by atoms with Gasteiger partial charge in [0.2, 0.25) is 0 Å². The largest absolute Gasteiger partial charge is 0.458 e. The third-order valence-corrected chi connectivity index (χ3v) is 12.0. The van der Waals surface area contributed by atoms with Gasteiger partial charge in [0.05, 0.1) is 17.2 Å². The first-order valence-electron chi connectivity index (χ1n) is 13.1. The van der Waals surface area contributed by atoms with E-state index in [1.165, 1.54) is 12.1 Å². The van der Waals surface area contributed by atoms with Crippen molar-refractivity contribution >= 4 is 5.97 Å². The van der Waals surface area contributed by atoms with Crippen molar-refractivity contribution in [2.75, 3.05) is 6.54 Å². The standard InChI is InChI=1S/C28H30F3NO4/c1-13-16-10-17-20-25-8-4-7-24(2)12-32(20)27(35,23(24)25)11-26(17,21(13)33)19(25)18(16)36-22(34)14-5-3-6-15(9-14)28(29,30)31/h3,5-6,9,16-21,23,33,35H,1,4,7-8,10-12H2,2H3/t16-,17-,18+,19+,20-,21-,23-,24+,25+,26+,27-/m1/s1. The fourth-order valence-corrected chi connectivity index (χ4v) is 11.7. The van der Waals surface area contributed by atoms with Gasteiger partial charge in [-0.3, -0.25) is 4.90 Å². The minimum absolute atomic E-state index is 0.0284. The van der Waals surface area contributed by atoms with Crippen LogP contribution in [0.15, 0.2) is 36.4 Å². The summed E-state index contributed by atoms with van der Waals surface area (Å²) < 4.78 is 46.1. The van der Waals surface area contributed by atoms with E-state index in [1.54, 1.807) is 0 Å². The molecule has 9 bridgehead atoms. The summed E-state index contributed by atoms with van der Waals surface area (Å²) in [7, 11) is 0. The first kappa shape index (κ1) is 22.1. The lowest BCUT2D eigenvalue weighted by Gasteiger charge is -2.67. The summed E-state index contributed by atoms with van der Waals surface area (Å²) in [5.41, 5.74) is -2.22. The second kappa shape index (κ2) is 6.05. The third-order valence-electron chi connectivity index (χ3n) is 12.0. The maximum atomic E-state index is 13.4. The molecule has 0 radical (unpaired) electrons. The molecule has 36 heavy (non-hydrogen) atoms. The molecule has 9 fully saturated rings. The highest BCUT2D eigenvalue weighted by atomic mass is 19.4. The Morgan fingerprint density at radius 3 is 2.78 bits per heavy atom. The topological polar surface area (TPSA) is 70.0 Å². The van der Waals surface area contributed by atoms with Crippen molar-refractivity contribution < 1.29 is 32.9 Å². The second-order valence-electron chi connectivity index (χ2n) is 13.1. The predicted octanol–water partition coefficient (Wildman–Crippen LogP) is 4.00. The van der Waals surface area contributed by atoms with E-state index >= 15 is 0 Å². The Morgan fingerprint density at radius 1 is 1.25 bits per heavy atom. The SMILES string of the molecule is C=C1[C@H]2C[C@@H]3[C@H]4N5C[C@]6(C)CCC[C@]47[C@H]([C@H]2OC(=O)c2cccc(C(F)(F)F)c2)[C@@]3(C[C@@]5(O)[C@H]67)[C@@H]1O. The summed E-state index contributed by atoms with van der Waals surface area (Å²) in [5, 5.41) is 23.8. The van der Waals surface area contributed by atoms with Gasteiger partial charge >= 0.3 is 12.1 Å². The molecule has 12 atom stereocenters. The molecule has 3 heterocycles. The van der Waals surface area contributed by atoms with Crippen molar-refractivity contribution in [2.24, 2.45) is 39.9 Å². The average Bonchev–Trinajstić information content (AvgIpc) is 3.18. The molecule has 1 aromatic rings. The number of rotatable bonds is 2. The molecule has 2 N–H and O–H groups in total. The van der Waals surface area contributed by atoms with Crippen LogP contribution in [-0.4, -0.2) is 51.6 Å². The van der Waals surface area contributed by atoms with Gasteiger partial charge in [0.15, 0.2) is 0 Å². The van der Waals surface area contributed by atoms with E-state index < -0.39 is 41.1 Å².